The Bertz CT molecular complexity index is 2700. The molecule has 2 N–H and O–H groups in total. The van der Waals surface area contributed by atoms with Gasteiger partial charge in [-0.2, -0.15) is 9.37 Å². The highest BCUT2D eigenvalue weighted by Crippen LogP contribution is 2.26. The van der Waals surface area contributed by atoms with Gasteiger partial charge in [-0.3, -0.25) is 4.21 Å². The quantitative estimate of drug-likeness (QED) is 0.103. The number of H-pyrrole nitrogens is 2. The van der Waals surface area contributed by atoms with E-state index in [2.05, 4.69) is 39.9 Å². The van der Waals surface area contributed by atoms with Crippen molar-refractivity contribution in [2.45, 2.75) is 36.2 Å². The molecular formula is C36H28Cl5FN10OS2. The van der Waals surface area contributed by atoms with Crippen LogP contribution in [0.2, 0.25) is 25.2 Å². The lowest BCUT2D eigenvalue weighted by Crippen LogP contribution is -2.06. The number of thioether (sulfide) groups is 1. The van der Waals surface area contributed by atoms with E-state index in [0.717, 1.165) is 33.2 Å². The Morgan fingerprint density at radius 1 is 0.691 bits per heavy atom. The van der Waals surface area contributed by atoms with Gasteiger partial charge in [0.1, 0.15) is 16.8 Å². The van der Waals surface area contributed by atoms with Gasteiger partial charge >= 0.3 is 0 Å². The zero-order chi connectivity index (χ0) is 38.8. The SMILES string of the molecule is CS(=O)c1nc(Cc2ccc(Cl)cc2Cl)cn1Cc1nc2nc(Cl)ccc2[nH]1.CSc1nc(Cc2ccc(Cl)cc2Cl)cn1Cc1nc2nc(F)ccc2[nH]1. The minimum Gasteiger partial charge on any atom is -0.339 e. The summed E-state index contributed by atoms with van der Waals surface area (Å²) in [5.74, 6) is 0.812. The molecule has 0 amide bonds. The monoisotopic (exact) mass is 874 g/mol. The number of hydrogen-bond donors (Lipinski definition) is 2. The summed E-state index contributed by atoms with van der Waals surface area (Å²) >= 11 is 31.9. The molecule has 0 aliphatic carbocycles. The number of halogens is 6. The van der Waals surface area contributed by atoms with Gasteiger partial charge in [-0.25, -0.2) is 24.9 Å². The van der Waals surface area contributed by atoms with Gasteiger partial charge < -0.3 is 19.1 Å². The third kappa shape index (κ3) is 9.51. The summed E-state index contributed by atoms with van der Waals surface area (Å²) in [5, 5.41) is 4.07. The maximum absolute atomic E-state index is 13.3. The van der Waals surface area contributed by atoms with Gasteiger partial charge in [-0.05, 0) is 65.9 Å². The average Bonchev–Trinajstić information content (AvgIpc) is 3.92. The number of imidazole rings is 4. The van der Waals surface area contributed by atoms with Crippen LogP contribution in [0.25, 0.3) is 22.3 Å². The summed E-state index contributed by atoms with van der Waals surface area (Å²) in [5.41, 5.74) is 5.89. The standard InChI is InChI=1S/C18H14Cl3N5OS.C18H14Cl2FN5S/c1-28(27)18-22-12(6-10-2-3-11(19)7-13(10)20)8-26(18)9-16-23-14-4-5-15(21)24-17(14)25-16;1-27-18-22-12(6-10-2-3-11(19)7-13(10)20)8-26(18)9-16-23-14-4-5-15(21)24-17(14)25-16/h2-5,7-8H,6,9H2,1H3,(H,23,24,25);2-5,7-8H,6,9H2,1H3,(H,23,24,25). The largest absolute Gasteiger partial charge is 0.339 e. The van der Waals surface area contributed by atoms with Crippen LogP contribution >= 0.6 is 69.8 Å². The number of nitrogens with one attached hydrogen (secondary N) is 2. The number of aromatic nitrogens is 10. The molecule has 2 aromatic carbocycles. The van der Waals surface area contributed by atoms with E-state index in [-0.39, 0.29) is 0 Å². The molecule has 0 fully saturated rings. The predicted molar refractivity (Wildman–Crippen MR) is 218 cm³/mol. The summed E-state index contributed by atoms with van der Waals surface area (Å²) in [6, 6.07) is 17.2. The lowest BCUT2D eigenvalue weighted by molar-refractivity contribution is 0.588. The second-order valence-corrected chi connectivity index (χ2v) is 16.3. The zero-order valence-corrected chi connectivity index (χ0v) is 34.2. The van der Waals surface area contributed by atoms with E-state index in [4.69, 9.17) is 58.0 Å². The molecule has 8 rings (SSSR count). The number of pyridine rings is 2. The van der Waals surface area contributed by atoms with E-state index in [0.29, 0.717) is 84.8 Å². The molecule has 0 aliphatic rings. The molecule has 1 atom stereocenters. The Labute approximate surface area is 345 Å². The molecule has 0 saturated carbocycles. The van der Waals surface area contributed by atoms with Crippen molar-refractivity contribution in [3.63, 3.8) is 0 Å². The van der Waals surface area contributed by atoms with Crippen molar-refractivity contribution >= 4 is 103 Å². The Kier molecular flexibility index (Phi) is 12.1. The van der Waals surface area contributed by atoms with Gasteiger partial charge in [-0.15, -0.1) is 0 Å². The van der Waals surface area contributed by atoms with Gasteiger partial charge in [0.25, 0.3) is 0 Å². The highest BCUT2D eigenvalue weighted by atomic mass is 35.5. The van der Waals surface area contributed by atoms with Gasteiger partial charge in [0.15, 0.2) is 21.6 Å². The molecule has 0 aliphatic heterocycles. The lowest BCUT2D eigenvalue weighted by atomic mass is 10.1. The Hall–Kier alpha value is -4.02. The highest BCUT2D eigenvalue weighted by Gasteiger charge is 2.16. The Balaban J connectivity index is 0.000000169. The van der Waals surface area contributed by atoms with E-state index in [1.807, 2.05) is 52.0 Å². The first-order chi connectivity index (χ1) is 26.4. The smallest absolute Gasteiger partial charge is 0.215 e. The van der Waals surface area contributed by atoms with Crippen molar-refractivity contribution in [1.29, 1.82) is 0 Å². The fraction of sp³-hybridized carbons (Fsp3) is 0.167. The van der Waals surface area contributed by atoms with Crippen LogP contribution < -0.4 is 0 Å². The summed E-state index contributed by atoms with van der Waals surface area (Å²) in [4.78, 5) is 32.3. The molecule has 6 heterocycles. The molecular weight excluding hydrogens is 849 g/mol. The number of aromatic amines is 2. The molecule has 11 nitrogen and oxygen atoms in total. The number of nitrogens with zero attached hydrogens (tertiary/aromatic N) is 8. The average molecular weight is 877 g/mol. The maximum atomic E-state index is 13.3. The van der Waals surface area contributed by atoms with Crippen molar-refractivity contribution in [2.24, 2.45) is 0 Å². The first kappa shape index (κ1) is 39.2. The summed E-state index contributed by atoms with van der Waals surface area (Å²) in [6.07, 6.45) is 8.49. The van der Waals surface area contributed by atoms with Crippen molar-refractivity contribution in [3.05, 3.63) is 138 Å². The topological polar surface area (TPSA) is 136 Å². The normalized spacial score (nSPS) is 12.0. The zero-order valence-electron chi connectivity index (χ0n) is 28.8. The fourth-order valence-electron chi connectivity index (χ4n) is 5.72. The van der Waals surface area contributed by atoms with Crippen LogP contribution in [0.4, 0.5) is 4.39 Å². The summed E-state index contributed by atoms with van der Waals surface area (Å²) in [6.45, 7) is 0.861. The van der Waals surface area contributed by atoms with Crippen LogP contribution in [0.5, 0.6) is 0 Å². The second kappa shape index (κ2) is 17.0. The molecule has 55 heavy (non-hydrogen) atoms. The van der Waals surface area contributed by atoms with Crippen LogP contribution in [0, 0.1) is 5.95 Å². The summed E-state index contributed by atoms with van der Waals surface area (Å²) < 4.78 is 29.2. The minimum atomic E-state index is -1.26. The molecule has 6 aromatic heterocycles. The van der Waals surface area contributed by atoms with Crippen molar-refractivity contribution in [2.75, 3.05) is 12.5 Å². The van der Waals surface area contributed by atoms with Crippen LogP contribution in [0.15, 0.2) is 83.4 Å². The molecule has 282 valence electrons. The third-order valence-corrected chi connectivity index (χ3v) is 11.1. The van der Waals surface area contributed by atoms with E-state index < -0.39 is 16.7 Å². The molecule has 0 radical (unpaired) electrons. The maximum Gasteiger partial charge on any atom is 0.215 e. The van der Waals surface area contributed by atoms with E-state index in [9.17, 15) is 8.60 Å². The number of hydrogen-bond acceptors (Lipinski definition) is 8. The molecule has 0 saturated heterocycles. The first-order valence-electron chi connectivity index (χ1n) is 16.3. The third-order valence-electron chi connectivity index (χ3n) is 8.15. The van der Waals surface area contributed by atoms with Crippen LogP contribution in [-0.4, -0.2) is 65.7 Å². The lowest BCUT2D eigenvalue weighted by Gasteiger charge is -2.03. The Morgan fingerprint density at radius 2 is 1.24 bits per heavy atom. The molecule has 8 aromatic rings. The minimum absolute atomic E-state index is 0.365. The van der Waals surface area contributed by atoms with E-state index in [1.165, 1.54) is 6.07 Å². The Morgan fingerprint density at radius 3 is 1.82 bits per heavy atom. The van der Waals surface area contributed by atoms with Crippen molar-refractivity contribution in [1.82, 2.24) is 49.0 Å². The van der Waals surface area contributed by atoms with E-state index >= 15 is 0 Å². The second-order valence-electron chi connectivity index (χ2n) is 12.1. The molecule has 0 bridgehead atoms. The number of benzene rings is 2. The molecule has 0 spiro atoms. The van der Waals surface area contributed by atoms with Crippen LogP contribution in [0.3, 0.4) is 0 Å². The van der Waals surface area contributed by atoms with Crippen LogP contribution in [0.1, 0.15) is 34.2 Å². The number of fused-ring (bicyclic) bond motifs is 2. The molecule has 19 heteroatoms. The first-order valence-corrected chi connectivity index (χ1v) is 21.0. The van der Waals surface area contributed by atoms with Gasteiger partial charge in [0, 0.05) is 51.6 Å². The fourth-order valence-corrected chi connectivity index (χ4v) is 8.07. The van der Waals surface area contributed by atoms with Gasteiger partial charge in [-0.1, -0.05) is 81.9 Å². The summed E-state index contributed by atoms with van der Waals surface area (Å²) in [7, 11) is -1.26. The number of rotatable bonds is 10. The van der Waals surface area contributed by atoms with Crippen LogP contribution in [-0.2, 0) is 36.7 Å². The van der Waals surface area contributed by atoms with E-state index in [1.54, 1.807) is 48.3 Å². The molecule has 1 unspecified atom stereocenters. The predicted octanol–water partition coefficient (Wildman–Crippen LogP) is 9.45. The van der Waals surface area contributed by atoms with Crippen molar-refractivity contribution < 1.29 is 8.60 Å². The van der Waals surface area contributed by atoms with Gasteiger partial charge in [0.2, 0.25) is 5.95 Å². The van der Waals surface area contributed by atoms with Crippen molar-refractivity contribution in [3.8, 4) is 0 Å². The van der Waals surface area contributed by atoms with Gasteiger partial charge in [0.05, 0.1) is 46.3 Å². The highest BCUT2D eigenvalue weighted by molar-refractivity contribution is 7.98.